The molecule has 0 aliphatic heterocycles. The number of hydrogen-bond donors (Lipinski definition) is 2. The number of hydrogen-bond acceptors (Lipinski definition) is 5. The first-order valence-corrected chi connectivity index (χ1v) is 8.59. The van der Waals surface area contributed by atoms with Crippen LogP contribution in [0.2, 0.25) is 0 Å². The number of anilines is 1. The molecule has 0 fully saturated rings. The van der Waals surface area contributed by atoms with Crippen LogP contribution in [-0.2, 0) is 6.54 Å². The Bertz CT molecular complexity index is 871. The van der Waals surface area contributed by atoms with Gasteiger partial charge in [-0.1, -0.05) is 29.8 Å². The summed E-state index contributed by atoms with van der Waals surface area (Å²) in [5, 5.41) is 2.89. The highest BCUT2D eigenvalue weighted by Gasteiger charge is 2.18. The molecule has 0 aliphatic carbocycles. The molecule has 3 N–H and O–H groups in total. The number of aromatic nitrogens is 1. The van der Waals surface area contributed by atoms with Gasteiger partial charge in [0.05, 0.1) is 12.8 Å². The molecule has 0 aliphatic rings. The van der Waals surface area contributed by atoms with E-state index in [1.165, 1.54) is 5.56 Å². The third-order valence-corrected chi connectivity index (χ3v) is 4.73. The Morgan fingerprint density at radius 2 is 1.84 bits per heavy atom. The van der Waals surface area contributed by atoms with E-state index in [0.717, 1.165) is 28.4 Å². The van der Waals surface area contributed by atoms with E-state index < -0.39 is 0 Å². The summed E-state index contributed by atoms with van der Waals surface area (Å²) in [5.41, 5.74) is 10.2. The number of rotatable bonds is 5. The fraction of sp³-hybridized carbons (Fsp3) is 0.158. The Balaban J connectivity index is 1.73. The number of carbonyl (C=O) groups excluding carboxylic acids is 1. The summed E-state index contributed by atoms with van der Waals surface area (Å²) in [6, 6.07) is 15.4. The van der Waals surface area contributed by atoms with E-state index in [2.05, 4.69) is 9.69 Å². The zero-order valence-corrected chi connectivity index (χ0v) is 14.9. The van der Waals surface area contributed by atoms with E-state index in [4.69, 9.17) is 10.5 Å². The van der Waals surface area contributed by atoms with Crippen LogP contribution >= 0.6 is 11.5 Å². The molecular formula is C19H19N3O2S. The van der Waals surface area contributed by atoms with Crippen molar-refractivity contribution < 1.29 is 9.53 Å². The second kappa shape index (κ2) is 7.36. The van der Waals surface area contributed by atoms with Gasteiger partial charge in [0, 0.05) is 12.1 Å². The summed E-state index contributed by atoms with van der Waals surface area (Å²) in [6.07, 6.45) is 0. The van der Waals surface area contributed by atoms with Gasteiger partial charge in [-0.25, -0.2) is 0 Å². The van der Waals surface area contributed by atoms with Crippen LogP contribution in [0.5, 0.6) is 5.75 Å². The third kappa shape index (κ3) is 3.80. The van der Waals surface area contributed by atoms with Crippen LogP contribution in [0.4, 0.5) is 5.69 Å². The van der Waals surface area contributed by atoms with E-state index in [1.807, 2.05) is 55.5 Å². The molecule has 2 aromatic carbocycles. The van der Waals surface area contributed by atoms with Crippen molar-refractivity contribution >= 4 is 23.1 Å². The molecule has 5 nitrogen and oxygen atoms in total. The average molecular weight is 353 g/mol. The quantitative estimate of drug-likeness (QED) is 0.734. The van der Waals surface area contributed by atoms with Gasteiger partial charge in [-0.15, -0.1) is 0 Å². The Morgan fingerprint density at radius 3 is 2.48 bits per heavy atom. The lowest BCUT2D eigenvalue weighted by atomic mass is 10.1. The summed E-state index contributed by atoms with van der Waals surface area (Å²) >= 11 is 1.11. The largest absolute Gasteiger partial charge is 0.497 e. The second-order valence-electron chi connectivity index (χ2n) is 5.67. The van der Waals surface area contributed by atoms with Crippen molar-refractivity contribution in [2.45, 2.75) is 13.5 Å². The monoisotopic (exact) mass is 353 g/mol. The first-order chi connectivity index (χ1) is 12.1. The minimum atomic E-state index is -0.213. The molecule has 0 atom stereocenters. The molecule has 0 spiro atoms. The van der Waals surface area contributed by atoms with E-state index >= 15 is 0 Å². The molecule has 1 amide bonds. The topological polar surface area (TPSA) is 77.2 Å². The number of carbonyl (C=O) groups is 1. The number of nitrogens with zero attached hydrogens (tertiary/aromatic N) is 1. The SMILES string of the molecule is COc1ccc(-c2nsc(C(=O)NCc3ccc(C)cc3)c2N)cc1. The van der Waals surface area contributed by atoms with Crippen LogP contribution in [0, 0.1) is 6.92 Å². The van der Waals surface area contributed by atoms with Crippen molar-refractivity contribution in [3.63, 3.8) is 0 Å². The highest BCUT2D eigenvalue weighted by atomic mass is 32.1. The maximum absolute atomic E-state index is 12.4. The molecule has 1 aromatic heterocycles. The number of methoxy groups -OCH3 is 1. The molecule has 0 unspecified atom stereocenters. The van der Waals surface area contributed by atoms with Gasteiger partial charge in [0.15, 0.2) is 0 Å². The van der Waals surface area contributed by atoms with Crippen LogP contribution in [0.15, 0.2) is 48.5 Å². The zero-order chi connectivity index (χ0) is 17.8. The summed E-state index contributed by atoms with van der Waals surface area (Å²) in [4.78, 5) is 12.8. The number of amides is 1. The molecule has 3 rings (SSSR count). The first kappa shape index (κ1) is 17.0. The molecule has 1 heterocycles. The van der Waals surface area contributed by atoms with Crippen LogP contribution in [0.1, 0.15) is 20.8 Å². The maximum atomic E-state index is 12.4. The molecule has 0 saturated heterocycles. The Kier molecular flexibility index (Phi) is 5.00. The highest BCUT2D eigenvalue weighted by Crippen LogP contribution is 2.31. The van der Waals surface area contributed by atoms with Gasteiger partial charge in [0.2, 0.25) is 0 Å². The van der Waals surface area contributed by atoms with Crippen LogP contribution in [-0.4, -0.2) is 17.4 Å². The number of ether oxygens (including phenoxy) is 1. The standard InChI is InChI=1S/C19H19N3O2S/c1-12-3-5-13(6-4-12)11-21-19(23)18-16(20)17(22-25-18)14-7-9-15(24-2)10-8-14/h3-10H,11,20H2,1-2H3,(H,21,23). The Hall–Kier alpha value is -2.86. The summed E-state index contributed by atoms with van der Waals surface area (Å²) in [5.74, 6) is 0.545. The maximum Gasteiger partial charge on any atom is 0.265 e. The molecule has 128 valence electrons. The first-order valence-electron chi connectivity index (χ1n) is 7.82. The van der Waals surface area contributed by atoms with Crippen molar-refractivity contribution in [2.75, 3.05) is 12.8 Å². The Morgan fingerprint density at radius 1 is 1.16 bits per heavy atom. The van der Waals surface area contributed by atoms with Crippen molar-refractivity contribution in [3.8, 4) is 17.0 Å². The fourth-order valence-electron chi connectivity index (χ4n) is 2.39. The number of nitrogens with one attached hydrogen (secondary N) is 1. The Labute approximate surface area is 150 Å². The lowest BCUT2D eigenvalue weighted by molar-refractivity contribution is 0.0956. The highest BCUT2D eigenvalue weighted by molar-refractivity contribution is 7.09. The summed E-state index contributed by atoms with van der Waals surface area (Å²) < 4.78 is 9.49. The molecule has 3 aromatic rings. The number of benzene rings is 2. The van der Waals surface area contributed by atoms with Gasteiger partial charge in [0.1, 0.15) is 16.3 Å². The van der Waals surface area contributed by atoms with E-state index in [9.17, 15) is 4.79 Å². The minimum Gasteiger partial charge on any atom is -0.497 e. The van der Waals surface area contributed by atoms with Gasteiger partial charge < -0.3 is 15.8 Å². The molecular weight excluding hydrogens is 334 g/mol. The smallest absolute Gasteiger partial charge is 0.265 e. The van der Waals surface area contributed by atoms with Gasteiger partial charge in [-0.2, -0.15) is 4.37 Å². The predicted octanol–water partition coefficient (Wildman–Crippen LogP) is 3.64. The second-order valence-corrected chi connectivity index (χ2v) is 6.44. The van der Waals surface area contributed by atoms with Gasteiger partial charge in [-0.05, 0) is 48.3 Å². The minimum absolute atomic E-state index is 0.213. The normalized spacial score (nSPS) is 10.5. The van der Waals surface area contributed by atoms with Gasteiger partial charge in [0.25, 0.3) is 5.91 Å². The van der Waals surface area contributed by atoms with Gasteiger partial charge >= 0.3 is 0 Å². The van der Waals surface area contributed by atoms with Crippen molar-refractivity contribution in [1.82, 2.24) is 9.69 Å². The number of aryl methyl sites for hydroxylation is 1. The lowest BCUT2D eigenvalue weighted by Crippen LogP contribution is -2.22. The van der Waals surface area contributed by atoms with Gasteiger partial charge in [-0.3, -0.25) is 4.79 Å². The average Bonchev–Trinajstić information content (AvgIpc) is 3.02. The molecule has 0 radical (unpaired) electrons. The van der Waals surface area contributed by atoms with Crippen molar-refractivity contribution in [1.29, 1.82) is 0 Å². The zero-order valence-electron chi connectivity index (χ0n) is 14.1. The predicted molar refractivity (Wildman–Crippen MR) is 101 cm³/mol. The van der Waals surface area contributed by atoms with Crippen molar-refractivity contribution in [3.05, 3.63) is 64.5 Å². The molecule has 0 bridgehead atoms. The number of nitrogens with two attached hydrogens (primary N) is 1. The van der Waals surface area contributed by atoms with E-state index in [0.29, 0.717) is 22.8 Å². The van der Waals surface area contributed by atoms with Crippen LogP contribution in [0.25, 0.3) is 11.3 Å². The molecule has 0 saturated carbocycles. The van der Waals surface area contributed by atoms with Crippen LogP contribution < -0.4 is 15.8 Å². The lowest BCUT2D eigenvalue weighted by Gasteiger charge is -2.05. The molecule has 25 heavy (non-hydrogen) atoms. The number of nitrogen functional groups attached to an aromatic ring is 1. The fourth-order valence-corrected chi connectivity index (χ4v) is 3.12. The third-order valence-electron chi connectivity index (χ3n) is 3.87. The van der Waals surface area contributed by atoms with E-state index in [1.54, 1.807) is 7.11 Å². The summed E-state index contributed by atoms with van der Waals surface area (Å²) in [6.45, 7) is 2.48. The van der Waals surface area contributed by atoms with Crippen LogP contribution in [0.3, 0.4) is 0 Å². The van der Waals surface area contributed by atoms with E-state index in [-0.39, 0.29) is 5.91 Å². The summed E-state index contributed by atoms with van der Waals surface area (Å²) in [7, 11) is 1.61. The van der Waals surface area contributed by atoms with Crippen molar-refractivity contribution in [2.24, 2.45) is 0 Å². The molecule has 6 heteroatoms.